The largest absolute Gasteiger partial charge is 0.375 e. The van der Waals surface area contributed by atoms with Gasteiger partial charge in [-0.15, -0.1) is 0 Å². The minimum Gasteiger partial charge on any atom is -0.375 e. The summed E-state index contributed by atoms with van der Waals surface area (Å²) in [6.45, 7) is 11.4. The molecular weight excluding hydrogens is 447 g/mol. The third-order valence-electron chi connectivity index (χ3n) is 7.47. The minimum atomic E-state index is -0.154. The van der Waals surface area contributed by atoms with E-state index in [9.17, 15) is 4.39 Å². The lowest BCUT2D eigenvalue weighted by Crippen LogP contribution is -2.40. The molecule has 0 aliphatic carbocycles. The third kappa shape index (κ3) is 4.70. The van der Waals surface area contributed by atoms with E-state index < -0.39 is 0 Å². The van der Waals surface area contributed by atoms with Crippen LogP contribution in [-0.2, 0) is 6.54 Å². The second-order valence-corrected chi connectivity index (χ2v) is 10.3. The molecule has 1 aromatic carbocycles. The zero-order valence-electron chi connectivity index (χ0n) is 20.1. The number of allylic oxidation sites excluding steroid dienone is 1. The maximum atomic E-state index is 14.4. The Morgan fingerprint density at radius 1 is 1.12 bits per heavy atom. The van der Waals surface area contributed by atoms with Crippen LogP contribution in [0.1, 0.15) is 42.9 Å². The summed E-state index contributed by atoms with van der Waals surface area (Å²) in [4.78, 5) is 9.78. The van der Waals surface area contributed by atoms with E-state index in [1.165, 1.54) is 11.3 Å². The fourth-order valence-corrected chi connectivity index (χ4v) is 6.09. The number of imidazole rings is 1. The molecule has 34 heavy (non-hydrogen) atoms. The Morgan fingerprint density at radius 3 is 2.56 bits per heavy atom. The standard InChI is InChI=1S/C26H33FN6S/c1-18-14-24-25(15-23(18)27)33(26(30-24)34-3)22-7-12-32(13-8-22)19(2)21-5-10-31(11-6-21)17-20-4-9-28-29-16-20/h4,9,14-16,21-22H,2,5-8,10-13,17H2,1,3H3. The van der Waals surface area contributed by atoms with Gasteiger partial charge in [-0.05, 0) is 75.2 Å². The summed E-state index contributed by atoms with van der Waals surface area (Å²) in [5.74, 6) is 0.398. The van der Waals surface area contributed by atoms with Crippen LogP contribution >= 0.6 is 11.8 Å². The van der Waals surface area contributed by atoms with Crippen LogP contribution < -0.4 is 0 Å². The van der Waals surface area contributed by atoms with E-state index in [1.807, 2.05) is 18.3 Å². The number of thioether (sulfide) groups is 1. The Morgan fingerprint density at radius 2 is 1.88 bits per heavy atom. The fraction of sp³-hybridized carbons (Fsp3) is 0.500. The van der Waals surface area contributed by atoms with Gasteiger partial charge in [0.2, 0.25) is 0 Å². The Labute approximate surface area is 205 Å². The van der Waals surface area contributed by atoms with E-state index in [0.717, 1.165) is 74.6 Å². The molecule has 2 saturated heterocycles. The number of fused-ring (bicyclic) bond motifs is 1. The number of aromatic nitrogens is 4. The number of rotatable bonds is 6. The van der Waals surface area contributed by atoms with Crippen LogP contribution in [0.4, 0.5) is 4.39 Å². The van der Waals surface area contributed by atoms with Gasteiger partial charge in [0.15, 0.2) is 5.16 Å². The summed E-state index contributed by atoms with van der Waals surface area (Å²) in [6, 6.07) is 5.92. The van der Waals surface area contributed by atoms with E-state index in [0.29, 0.717) is 17.5 Å². The van der Waals surface area contributed by atoms with E-state index in [2.05, 4.69) is 37.4 Å². The molecule has 0 unspecified atom stereocenters. The molecule has 0 spiro atoms. The van der Waals surface area contributed by atoms with E-state index in [4.69, 9.17) is 4.98 Å². The van der Waals surface area contributed by atoms with Crippen LogP contribution in [0, 0.1) is 18.7 Å². The number of aryl methyl sites for hydroxylation is 1. The van der Waals surface area contributed by atoms with Crippen LogP contribution in [-0.4, -0.2) is 62.0 Å². The van der Waals surface area contributed by atoms with Crippen LogP contribution in [0.25, 0.3) is 11.0 Å². The minimum absolute atomic E-state index is 0.154. The van der Waals surface area contributed by atoms with E-state index in [-0.39, 0.29) is 5.82 Å². The average Bonchev–Trinajstić information content (AvgIpc) is 3.22. The molecule has 0 radical (unpaired) electrons. The van der Waals surface area contributed by atoms with Crippen molar-refractivity contribution < 1.29 is 4.39 Å². The molecule has 180 valence electrons. The van der Waals surface area contributed by atoms with Gasteiger partial charge >= 0.3 is 0 Å². The average molecular weight is 481 g/mol. The van der Waals surface area contributed by atoms with Gasteiger partial charge in [0, 0.05) is 49.6 Å². The van der Waals surface area contributed by atoms with Crippen LogP contribution in [0.2, 0.25) is 0 Å². The molecule has 2 aliphatic heterocycles. The number of likely N-dealkylation sites (tertiary alicyclic amines) is 2. The molecule has 2 aliphatic rings. The lowest BCUT2D eigenvalue weighted by molar-refractivity contribution is 0.153. The molecule has 2 aromatic heterocycles. The number of benzene rings is 1. The molecule has 0 N–H and O–H groups in total. The zero-order valence-corrected chi connectivity index (χ0v) is 20.9. The van der Waals surface area contributed by atoms with Crippen LogP contribution in [0.3, 0.4) is 0 Å². The summed E-state index contributed by atoms with van der Waals surface area (Å²) >= 11 is 1.64. The smallest absolute Gasteiger partial charge is 0.169 e. The number of nitrogens with zero attached hydrogens (tertiary/aromatic N) is 6. The maximum absolute atomic E-state index is 14.4. The molecule has 0 atom stereocenters. The van der Waals surface area contributed by atoms with Crippen molar-refractivity contribution in [2.75, 3.05) is 32.4 Å². The van der Waals surface area contributed by atoms with Gasteiger partial charge in [-0.25, -0.2) is 9.37 Å². The molecule has 0 saturated carbocycles. The first-order chi connectivity index (χ1) is 16.5. The van der Waals surface area contributed by atoms with Crippen LogP contribution in [0.5, 0.6) is 0 Å². The fourth-order valence-electron chi connectivity index (χ4n) is 5.46. The quantitative estimate of drug-likeness (QED) is 0.460. The van der Waals surface area contributed by atoms with Gasteiger partial charge in [-0.1, -0.05) is 18.3 Å². The molecular formula is C26H33FN6S. The highest BCUT2D eigenvalue weighted by Gasteiger charge is 2.29. The molecule has 5 rings (SSSR count). The van der Waals surface area contributed by atoms with E-state index in [1.54, 1.807) is 30.9 Å². The van der Waals surface area contributed by atoms with Crippen molar-refractivity contribution in [2.45, 2.75) is 50.4 Å². The highest BCUT2D eigenvalue weighted by atomic mass is 32.2. The van der Waals surface area contributed by atoms with Gasteiger partial charge in [0.25, 0.3) is 0 Å². The lowest BCUT2D eigenvalue weighted by Gasteiger charge is -2.41. The summed E-state index contributed by atoms with van der Waals surface area (Å²) in [7, 11) is 0. The Balaban J connectivity index is 1.19. The topological polar surface area (TPSA) is 50.1 Å². The van der Waals surface area contributed by atoms with Gasteiger partial charge in [0.1, 0.15) is 5.82 Å². The van der Waals surface area contributed by atoms with Crippen molar-refractivity contribution in [3.63, 3.8) is 0 Å². The molecule has 0 amide bonds. The number of hydrogen-bond acceptors (Lipinski definition) is 6. The Bertz CT molecular complexity index is 1150. The second kappa shape index (κ2) is 10.0. The highest BCUT2D eigenvalue weighted by Crippen LogP contribution is 2.35. The first kappa shape index (κ1) is 23.3. The lowest BCUT2D eigenvalue weighted by atomic mass is 9.91. The predicted octanol–water partition coefficient (Wildman–Crippen LogP) is 5.06. The predicted molar refractivity (Wildman–Crippen MR) is 135 cm³/mol. The monoisotopic (exact) mass is 480 g/mol. The van der Waals surface area contributed by atoms with E-state index >= 15 is 0 Å². The molecule has 2 fully saturated rings. The van der Waals surface area contributed by atoms with Crippen molar-refractivity contribution in [3.05, 3.63) is 59.8 Å². The number of piperidine rings is 2. The molecule has 4 heterocycles. The van der Waals surface area contributed by atoms with Crippen molar-refractivity contribution in [1.29, 1.82) is 0 Å². The highest BCUT2D eigenvalue weighted by molar-refractivity contribution is 7.98. The van der Waals surface area contributed by atoms with Gasteiger partial charge < -0.3 is 9.47 Å². The summed E-state index contributed by atoms with van der Waals surface area (Å²) < 4.78 is 16.6. The summed E-state index contributed by atoms with van der Waals surface area (Å²) in [5.41, 5.74) is 4.98. The van der Waals surface area contributed by atoms with Crippen LogP contribution in [0.15, 0.2) is 48.0 Å². The van der Waals surface area contributed by atoms with Crippen molar-refractivity contribution in [3.8, 4) is 0 Å². The third-order valence-corrected chi connectivity index (χ3v) is 8.12. The molecule has 6 nitrogen and oxygen atoms in total. The summed E-state index contributed by atoms with van der Waals surface area (Å²) in [6.07, 6.45) is 10.0. The molecule has 8 heteroatoms. The first-order valence-electron chi connectivity index (χ1n) is 12.2. The van der Waals surface area contributed by atoms with Crippen molar-refractivity contribution >= 4 is 22.8 Å². The second-order valence-electron chi connectivity index (χ2n) is 9.57. The van der Waals surface area contributed by atoms with Gasteiger partial charge in [-0.3, -0.25) is 4.90 Å². The molecule has 0 bridgehead atoms. The maximum Gasteiger partial charge on any atom is 0.169 e. The Kier molecular flexibility index (Phi) is 6.88. The summed E-state index contributed by atoms with van der Waals surface area (Å²) in [5, 5.41) is 8.84. The van der Waals surface area contributed by atoms with Crippen molar-refractivity contribution in [1.82, 2.24) is 29.5 Å². The molecule has 3 aromatic rings. The SMILES string of the molecule is C=C(C1CCN(Cc2ccnnc2)CC1)N1CCC(n2c(SC)nc3cc(C)c(F)cc32)CC1. The number of halogens is 1. The van der Waals surface area contributed by atoms with Crippen molar-refractivity contribution in [2.24, 2.45) is 5.92 Å². The number of hydrogen-bond donors (Lipinski definition) is 0. The normalized spacial score (nSPS) is 18.6. The zero-order chi connectivity index (χ0) is 23.7. The van der Waals surface area contributed by atoms with Gasteiger partial charge in [-0.2, -0.15) is 10.2 Å². The van der Waals surface area contributed by atoms with Gasteiger partial charge in [0.05, 0.1) is 17.2 Å². The first-order valence-corrected chi connectivity index (χ1v) is 13.4. The Hall–Kier alpha value is -2.45.